The summed E-state index contributed by atoms with van der Waals surface area (Å²) in [6.45, 7) is 9.70. The van der Waals surface area contributed by atoms with Crippen LogP contribution in [0.3, 0.4) is 0 Å². The number of nitrogens with zero attached hydrogens (tertiary/aromatic N) is 2. The first kappa shape index (κ1) is 21.0. The largest absolute Gasteiger partial charge is 0.496 e. The second-order valence-electron chi connectivity index (χ2n) is 8.92. The molecule has 0 aliphatic carbocycles. The standard InChI is InChI=1S/C21H26BN2O5S/c1-14-7-9-15(10-8-14)30(26,27)24-12-11-16-17(13-23(6)19(25)18(16)24)22-28-20(2,3)21(4,5)29-22/h7-10,12-13H,11H2,1-6H3/q+1. The second-order valence-corrected chi connectivity index (χ2v) is 10.7. The van der Waals surface area contributed by atoms with Gasteiger partial charge in [0, 0.05) is 24.3 Å². The Morgan fingerprint density at radius 2 is 1.63 bits per heavy atom. The molecular weight excluding hydrogens is 403 g/mol. The third-order valence-corrected chi connectivity index (χ3v) is 7.97. The summed E-state index contributed by atoms with van der Waals surface area (Å²) in [6, 6.07) is 6.59. The number of benzene rings is 1. The van der Waals surface area contributed by atoms with E-state index in [2.05, 4.69) is 0 Å². The van der Waals surface area contributed by atoms with Gasteiger partial charge >= 0.3 is 22.7 Å². The number of hydrogen-bond acceptors (Lipinski definition) is 5. The molecule has 0 bridgehead atoms. The number of fused-ring (bicyclic) bond motifs is 1. The molecule has 0 spiro atoms. The Morgan fingerprint density at radius 3 is 2.20 bits per heavy atom. The summed E-state index contributed by atoms with van der Waals surface area (Å²) in [5, 5.41) is 0. The van der Waals surface area contributed by atoms with E-state index in [1.165, 1.54) is 10.8 Å². The summed E-state index contributed by atoms with van der Waals surface area (Å²) in [5.74, 6) is 0. The molecule has 0 N–H and O–H groups in total. The Bertz CT molecular complexity index is 1210. The minimum Gasteiger partial charge on any atom is -0.399 e. The number of pyridine rings is 1. The second kappa shape index (κ2) is 6.64. The molecule has 4 rings (SSSR count). The lowest BCUT2D eigenvalue weighted by atomic mass is 9.76. The third-order valence-electron chi connectivity index (χ3n) is 6.26. The highest BCUT2D eigenvalue weighted by molar-refractivity contribution is 7.85. The van der Waals surface area contributed by atoms with Crippen molar-refractivity contribution in [3.8, 4) is 0 Å². The average Bonchev–Trinajstić information content (AvgIpc) is 3.18. The van der Waals surface area contributed by atoms with Gasteiger partial charge in [-0.25, -0.2) is 0 Å². The van der Waals surface area contributed by atoms with Gasteiger partial charge in [-0.1, -0.05) is 21.7 Å². The fourth-order valence-corrected chi connectivity index (χ4v) is 5.11. The van der Waals surface area contributed by atoms with E-state index < -0.39 is 28.3 Å². The Balaban J connectivity index is 1.84. The first-order valence-corrected chi connectivity index (χ1v) is 11.3. The topological polar surface area (TPSA) is 77.6 Å². The number of aryl methyl sites for hydroxylation is 2. The van der Waals surface area contributed by atoms with Gasteiger partial charge in [0.15, 0.2) is 6.21 Å². The maximum Gasteiger partial charge on any atom is 0.496 e. The quantitative estimate of drug-likeness (QED) is 0.548. The Labute approximate surface area is 177 Å². The highest BCUT2D eigenvalue weighted by Gasteiger charge is 2.53. The van der Waals surface area contributed by atoms with Crippen molar-refractivity contribution in [2.24, 2.45) is 7.05 Å². The monoisotopic (exact) mass is 429 g/mol. The molecule has 2 aliphatic heterocycles. The van der Waals surface area contributed by atoms with E-state index in [1.54, 1.807) is 37.5 Å². The van der Waals surface area contributed by atoms with Crippen molar-refractivity contribution in [3.63, 3.8) is 0 Å². The van der Waals surface area contributed by atoms with Crippen molar-refractivity contribution >= 4 is 34.5 Å². The number of aromatic nitrogens is 1. The number of rotatable bonds is 3. The Hall–Kier alpha value is -2.23. The van der Waals surface area contributed by atoms with Crippen molar-refractivity contribution in [1.29, 1.82) is 0 Å². The van der Waals surface area contributed by atoms with Crippen LogP contribution in [0, 0.1) is 6.92 Å². The van der Waals surface area contributed by atoms with Crippen LogP contribution < -0.4 is 11.0 Å². The van der Waals surface area contributed by atoms with Gasteiger partial charge in [0.25, 0.3) is 5.69 Å². The van der Waals surface area contributed by atoms with Crippen LogP contribution in [0.25, 0.3) is 0 Å². The molecule has 3 heterocycles. The first-order valence-electron chi connectivity index (χ1n) is 9.88. The molecule has 0 atom stereocenters. The molecule has 0 amide bonds. The maximum atomic E-state index is 13.3. The van der Waals surface area contributed by atoms with Crippen molar-refractivity contribution in [2.45, 2.75) is 57.1 Å². The summed E-state index contributed by atoms with van der Waals surface area (Å²) in [5.41, 5.74) is 0.902. The van der Waals surface area contributed by atoms with Gasteiger partial charge in [-0.05, 0) is 46.8 Å². The van der Waals surface area contributed by atoms with Crippen LogP contribution in [0.2, 0.25) is 0 Å². The van der Waals surface area contributed by atoms with E-state index in [0.717, 1.165) is 9.54 Å². The molecule has 0 saturated carbocycles. The van der Waals surface area contributed by atoms with E-state index in [-0.39, 0.29) is 16.1 Å². The first-order chi connectivity index (χ1) is 13.8. The molecule has 2 aromatic rings. The molecular formula is C21H26BN2O5S+. The van der Waals surface area contributed by atoms with Crippen LogP contribution in [-0.4, -0.2) is 41.5 Å². The predicted molar refractivity (Wildman–Crippen MR) is 115 cm³/mol. The summed E-state index contributed by atoms with van der Waals surface area (Å²) >= 11 is 0. The average molecular weight is 429 g/mol. The summed E-state index contributed by atoms with van der Waals surface area (Å²) < 4.78 is 41.4. The van der Waals surface area contributed by atoms with Crippen molar-refractivity contribution in [1.82, 2.24) is 4.57 Å². The van der Waals surface area contributed by atoms with Gasteiger partial charge in [-0.3, -0.25) is 4.79 Å². The molecule has 30 heavy (non-hydrogen) atoms. The van der Waals surface area contributed by atoms with Crippen LogP contribution in [0.5, 0.6) is 0 Å². The fourth-order valence-electron chi connectivity index (χ4n) is 3.70. The van der Waals surface area contributed by atoms with Gasteiger partial charge in [-0.2, -0.15) is 8.42 Å². The molecule has 2 aliphatic rings. The van der Waals surface area contributed by atoms with Crippen LogP contribution in [0.15, 0.2) is 40.2 Å². The summed E-state index contributed by atoms with van der Waals surface area (Å²) in [6.07, 6.45) is 3.52. The zero-order valence-electron chi connectivity index (χ0n) is 18.1. The molecule has 1 aromatic heterocycles. The molecule has 0 radical (unpaired) electrons. The van der Waals surface area contributed by atoms with E-state index in [4.69, 9.17) is 9.31 Å². The number of sulfonamides is 1. The van der Waals surface area contributed by atoms with E-state index in [9.17, 15) is 13.2 Å². The zero-order chi connectivity index (χ0) is 22.1. The van der Waals surface area contributed by atoms with Gasteiger partial charge in [-0.15, -0.1) is 0 Å². The molecule has 1 saturated heterocycles. The van der Waals surface area contributed by atoms with Crippen molar-refractivity contribution in [2.75, 3.05) is 0 Å². The lowest BCUT2D eigenvalue weighted by molar-refractivity contribution is -0.253. The number of hydrogen-bond donors (Lipinski definition) is 0. The van der Waals surface area contributed by atoms with E-state index in [1.807, 2.05) is 34.6 Å². The van der Waals surface area contributed by atoms with Crippen LogP contribution in [-0.2, 0) is 32.8 Å². The smallest absolute Gasteiger partial charge is 0.399 e. The summed E-state index contributed by atoms with van der Waals surface area (Å²) in [4.78, 5) is 13.1. The molecule has 7 nitrogen and oxygen atoms in total. The van der Waals surface area contributed by atoms with Crippen LogP contribution >= 0.6 is 0 Å². The Morgan fingerprint density at radius 1 is 1.07 bits per heavy atom. The minimum absolute atomic E-state index is 0.130. The van der Waals surface area contributed by atoms with E-state index >= 15 is 0 Å². The van der Waals surface area contributed by atoms with Gasteiger partial charge in [0.05, 0.1) is 17.6 Å². The Kier molecular flexibility index (Phi) is 4.65. The minimum atomic E-state index is -3.91. The molecule has 158 valence electrons. The van der Waals surface area contributed by atoms with Gasteiger partial charge in [0.2, 0.25) is 0 Å². The maximum absolute atomic E-state index is 13.3. The summed E-state index contributed by atoms with van der Waals surface area (Å²) in [7, 11) is -3.00. The predicted octanol–water partition coefficient (Wildman–Crippen LogP) is 1.65. The third kappa shape index (κ3) is 3.07. The lowest BCUT2D eigenvalue weighted by Gasteiger charge is -2.32. The molecule has 1 aromatic carbocycles. The van der Waals surface area contributed by atoms with Crippen LogP contribution in [0.4, 0.5) is 5.69 Å². The highest BCUT2D eigenvalue weighted by atomic mass is 32.2. The fraction of sp³-hybridized carbons (Fsp3) is 0.429. The molecule has 0 unspecified atom stereocenters. The van der Waals surface area contributed by atoms with Crippen molar-refractivity contribution in [3.05, 3.63) is 51.9 Å². The SMILES string of the molecule is Cc1ccc(S(=O)(=O)[N+]2=CCc3c(B4OC(C)(C)C(C)(C)O4)cn(C)c(=O)c32)cc1. The zero-order valence-corrected chi connectivity index (χ0v) is 18.9. The van der Waals surface area contributed by atoms with E-state index in [0.29, 0.717) is 17.4 Å². The molecule has 1 fully saturated rings. The molecule has 9 heteroatoms. The normalized spacial score (nSPS) is 19.7. The van der Waals surface area contributed by atoms with Crippen molar-refractivity contribution < 1.29 is 21.7 Å². The highest BCUT2D eigenvalue weighted by Crippen LogP contribution is 2.37. The lowest BCUT2D eigenvalue weighted by Crippen LogP contribution is -2.41. The van der Waals surface area contributed by atoms with Crippen LogP contribution in [0.1, 0.15) is 38.8 Å². The van der Waals surface area contributed by atoms with Gasteiger partial charge < -0.3 is 13.9 Å². The van der Waals surface area contributed by atoms with Gasteiger partial charge in [0.1, 0.15) is 4.90 Å².